The zero-order chi connectivity index (χ0) is 26.7. The van der Waals surface area contributed by atoms with Crippen molar-refractivity contribution < 1.29 is 14.7 Å². The molecule has 36 heavy (non-hydrogen) atoms. The number of carbonyl (C=O) groups excluding carboxylic acids is 1. The van der Waals surface area contributed by atoms with Gasteiger partial charge in [0.25, 0.3) is 5.56 Å². The van der Waals surface area contributed by atoms with Gasteiger partial charge in [0, 0.05) is 29.7 Å². The summed E-state index contributed by atoms with van der Waals surface area (Å²) in [7, 11) is 1.59. The number of fused-ring (bicyclic) bond motifs is 1. The van der Waals surface area contributed by atoms with Gasteiger partial charge in [-0.2, -0.15) is 5.10 Å². The van der Waals surface area contributed by atoms with E-state index in [4.69, 9.17) is 5.11 Å². The number of hydrogen-bond donors (Lipinski definition) is 4. The standard InChI is InChI=1S/C15H18N2O2.C9H10N2.C3H7NO2/c1-3-11-9-13(15(19)16-14(11)4-2)12-5-7-17(10-18)8-6-12;1-6-3-7(2)9-8(4-6)5-10-11-9;1-4-2-3(5)6/h3-4,9-10,12H,1-2,5-8H2,(H,16,19);3-5H,1-2H3,(H,10,11);4H,2H2,1H3,(H,5,6). The van der Waals surface area contributed by atoms with Gasteiger partial charge in [0.15, 0.2) is 0 Å². The fourth-order valence-electron chi connectivity index (χ4n) is 4.11. The molecule has 1 aliphatic heterocycles. The number of nitrogens with zero attached hydrogens (tertiary/aromatic N) is 2. The molecule has 0 atom stereocenters. The molecule has 0 spiro atoms. The number of hydrogen-bond acceptors (Lipinski definition) is 5. The monoisotopic (exact) mass is 493 g/mol. The number of aryl methyl sites for hydroxylation is 2. The molecule has 3 heterocycles. The summed E-state index contributed by atoms with van der Waals surface area (Å²) in [5.41, 5.74) is 6.01. The van der Waals surface area contributed by atoms with Crippen LogP contribution < -0.4 is 10.9 Å². The maximum absolute atomic E-state index is 12.1. The number of likely N-dealkylation sites (tertiary alicyclic amines) is 1. The van der Waals surface area contributed by atoms with Crippen molar-refractivity contribution in [2.45, 2.75) is 32.6 Å². The number of amides is 1. The molecule has 1 aromatic carbocycles. The van der Waals surface area contributed by atoms with Crippen LogP contribution in [0.2, 0.25) is 0 Å². The van der Waals surface area contributed by atoms with Crippen LogP contribution in [0.5, 0.6) is 0 Å². The summed E-state index contributed by atoms with van der Waals surface area (Å²) in [4.78, 5) is 36.9. The van der Waals surface area contributed by atoms with Crippen LogP contribution >= 0.6 is 0 Å². The number of aromatic nitrogens is 3. The number of aliphatic carboxylic acids is 1. The van der Waals surface area contributed by atoms with Gasteiger partial charge in [-0.1, -0.05) is 30.9 Å². The minimum Gasteiger partial charge on any atom is -0.480 e. The zero-order valence-corrected chi connectivity index (χ0v) is 21.1. The Kier molecular flexibility index (Phi) is 10.8. The van der Waals surface area contributed by atoms with Crippen LogP contribution in [0.4, 0.5) is 0 Å². The number of pyridine rings is 1. The Bertz CT molecular complexity index is 1250. The van der Waals surface area contributed by atoms with Crippen molar-refractivity contribution in [2.75, 3.05) is 26.7 Å². The number of nitrogens with one attached hydrogen (secondary N) is 3. The van der Waals surface area contributed by atoms with Crippen molar-refractivity contribution >= 4 is 35.4 Å². The normalized spacial score (nSPS) is 13.1. The topological polar surface area (TPSA) is 131 Å². The Labute approximate surface area is 210 Å². The second-order valence-electron chi connectivity index (χ2n) is 8.59. The smallest absolute Gasteiger partial charge is 0.317 e. The van der Waals surface area contributed by atoms with Gasteiger partial charge in [-0.05, 0) is 69.0 Å². The number of benzene rings is 1. The highest BCUT2D eigenvalue weighted by molar-refractivity contribution is 5.81. The highest BCUT2D eigenvalue weighted by atomic mass is 16.4. The molecule has 192 valence electrons. The Hall–Kier alpha value is -3.98. The van der Waals surface area contributed by atoms with Crippen LogP contribution in [0.15, 0.2) is 42.3 Å². The fraction of sp³-hybridized carbons (Fsp3) is 0.333. The third-order valence-corrected chi connectivity index (χ3v) is 5.89. The molecule has 1 saturated heterocycles. The Morgan fingerprint density at radius 2 is 1.92 bits per heavy atom. The highest BCUT2D eigenvalue weighted by Gasteiger charge is 2.22. The van der Waals surface area contributed by atoms with Gasteiger partial charge in [0.2, 0.25) is 6.41 Å². The van der Waals surface area contributed by atoms with Gasteiger partial charge in [-0.3, -0.25) is 19.5 Å². The summed E-state index contributed by atoms with van der Waals surface area (Å²) < 4.78 is 0. The summed E-state index contributed by atoms with van der Waals surface area (Å²) in [5.74, 6) is -0.616. The molecule has 1 aliphatic rings. The number of rotatable bonds is 6. The van der Waals surface area contributed by atoms with Gasteiger partial charge in [0.05, 0.1) is 18.3 Å². The van der Waals surface area contributed by atoms with Crippen LogP contribution in [0.1, 0.15) is 46.7 Å². The highest BCUT2D eigenvalue weighted by Crippen LogP contribution is 2.26. The predicted molar refractivity (Wildman–Crippen MR) is 144 cm³/mol. The van der Waals surface area contributed by atoms with Crippen molar-refractivity contribution in [3.05, 3.63) is 75.9 Å². The average molecular weight is 494 g/mol. The lowest BCUT2D eigenvalue weighted by atomic mass is 9.89. The average Bonchev–Trinajstić information content (AvgIpc) is 3.33. The van der Waals surface area contributed by atoms with Crippen molar-refractivity contribution in [3.8, 4) is 0 Å². The van der Waals surface area contributed by atoms with E-state index in [2.05, 4.69) is 59.6 Å². The van der Waals surface area contributed by atoms with E-state index < -0.39 is 5.97 Å². The van der Waals surface area contributed by atoms with Gasteiger partial charge >= 0.3 is 5.97 Å². The lowest BCUT2D eigenvalue weighted by Gasteiger charge is -2.29. The minimum absolute atomic E-state index is 0.0417. The number of carboxylic acids is 1. The van der Waals surface area contributed by atoms with Crippen molar-refractivity contribution in [2.24, 2.45) is 0 Å². The summed E-state index contributed by atoms with van der Waals surface area (Å²) in [6.45, 7) is 13.1. The summed E-state index contributed by atoms with van der Waals surface area (Å²) >= 11 is 0. The SMILES string of the molecule is C=Cc1cc(C2CCN(C=O)CC2)c(=O)[nH]c1C=C.CNCC(=O)O.Cc1cc(C)c2[nH]ncc2c1. The molecule has 0 unspecified atom stereocenters. The molecule has 0 radical (unpaired) electrons. The van der Waals surface area contributed by atoms with E-state index >= 15 is 0 Å². The van der Waals surface area contributed by atoms with E-state index in [-0.39, 0.29) is 18.0 Å². The number of piperidine rings is 1. The molecule has 0 bridgehead atoms. The van der Waals surface area contributed by atoms with E-state index in [9.17, 15) is 14.4 Å². The van der Waals surface area contributed by atoms with E-state index in [1.807, 2.05) is 12.3 Å². The van der Waals surface area contributed by atoms with Crippen LogP contribution in [0, 0.1) is 13.8 Å². The molecule has 0 aliphatic carbocycles. The number of likely N-dealkylation sites (N-methyl/N-ethyl adjacent to an activating group) is 1. The lowest BCUT2D eigenvalue weighted by Crippen LogP contribution is -2.33. The molecular formula is C27H35N5O4. The van der Waals surface area contributed by atoms with Crippen molar-refractivity contribution in [3.63, 3.8) is 0 Å². The van der Waals surface area contributed by atoms with Gasteiger partial charge in [0.1, 0.15) is 0 Å². The van der Waals surface area contributed by atoms with E-state index in [0.717, 1.165) is 35.9 Å². The molecule has 4 N–H and O–H groups in total. The van der Waals surface area contributed by atoms with Gasteiger partial charge < -0.3 is 20.3 Å². The summed E-state index contributed by atoms with van der Waals surface area (Å²) in [5, 5.41) is 18.5. The first-order valence-corrected chi connectivity index (χ1v) is 11.7. The summed E-state index contributed by atoms with van der Waals surface area (Å²) in [6, 6.07) is 6.18. The van der Waals surface area contributed by atoms with Crippen LogP contribution in [-0.2, 0) is 9.59 Å². The van der Waals surface area contributed by atoms with Gasteiger partial charge in [-0.25, -0.2) is 0 Å². The number of carboxylic acid groups (broad SMARTS) is 1. The van der Waals surface area contributed by atoms with Crippen LogP contribution in [0.3, 0.4) is 0 Å². The Morgan fingerprint density at radius 3 is 2.44 bits per heavy atom. The number of H-pyrrole nitrogens is 2. The van der Waals surface area contributed by atoms with Crippen molar-refractivity contribution in [1.29, 1.82) is 0 Å². The largest absolute Gasteiger partial charge is 0.480 e. The molecule has 4 rings (SSSR count). The second kappa shape index (κ2) is 13.8. The number of aromatic amines is 2. The van der Waals surface area contributed by atoms with Crippen LogP contribution in [0.25, 0.3) is 23.1 Å². The van der Waals surface area contributed by atoms with Crippen molar-refractivity contribution in [1.82, 2.24) is 25.4 Å². The third-order valence-electron chi connectivity index (χ3n) is 5.89. The second-order valence-corrected chi connectivity index (χ2v) is 8.59. The quantitative estimate of drug-likeness (QED) is 0.389. The fourth-order valence-corrected chi connectivity index (χ4v) is 4.11. The molecule has 9 nitrogen and oxygen atoms in total. The first kappa shape index (κ1) is 28.3. The van der Waals surface area contributed by atoms with E-state index in [1.54, 1.807) is 24.1 Å². The molecule has 1 fully saturated rings. The first-order valence-electron chi connectivity index (χ1n) is 11.7. The maximum atomic E-state index is 12.1. The Balaban J connectivity index is 0.000000225. The first-order chi connectivity index (χ1) is 17.2. The maximum Gasteiger partial charge on any atom is 0.317 e. The van der Waals surface area contributed by atoms with E-state index in [1.165, 1.54) is 16.5 Å². The molecule has 9 heteroatoms. The summed E-state index contributed by atoms with van der Waals surface area (Å²) in [6.07, 6.45) is 7.72. The molecule has 1 amide bonds. The zero-order valence-electron chi connectivity index (χ0n) is 21.1. The Morgan fingerprint density at radius 1 is 1.22 bits per heavy atom. The van der Waals surface area contributed by atoms with E-state index in [0.29, 0.717) is 18.8 Å². The molecule has 3 aromatic rings. The predicted octanol–water partition coefficient (Wildman–Crippen LogP) is 3.47. The molecule has 2 aromatic heterocycles. The number of carbonyl (C=O) groups is 2. The van der Waals surface area contributed by atoms with Gasteiger partial charge in [-0.15, -0.1) is 0 Å². The molecule has 0 saturated carbocycles. The lowest BCUT2D eigenvalue weighted by molar-refractivity contribution is -0.135. The molecular weight excluding hydrogens is 458 g/mol. The minimum atomic E-state index is -0.822. The van der Waals surface area contributed by atoms with Crippen LogP contribution in [-0.4, -0.2) is 64.2 Å². The third kappa shape index (κ3) is 7.78.